The minimum absolute atomic E-state index is 0.216. The molecule has 1 N–H and O–H groups in total. The summed E-state index contributed by atoms with van der Waals surface area (Å²) >= 11 is 6.15. The number of nitrogens with zero attached hydrogens (tertiary/aromatic N) is 1. The SMILES string of the molecule is CCN(C1CCNC1)C(C)c1ccc(F)cc1Cl. The molecule has 0 bridgehead atoms. The van der Waals surface area contributed by atoms with Gasteiger partial charge in [0.25, 0.3) is 0 Å². The Morgan fingerprint density at radius 2 is 2.33 bits per heavy atom. The lowest BCUT2D eigenvalue weighted by atomic mass is 10.0. The maximum absolute atomic E-state index is 13.1. The fourth-order valence-corrected chi connectivity index (χ4v) is 3.11. The van der Waals surface area contributed by atoms with Gasteiger partial charge < -0.3 is 5.32 Å². The van der Waals surface area contributed by atoms with Crippen LogP contribution >= 0.6 is 11.6 Å². The summed E-state index contributed by atoms with van der Waals surface area (Å²) in [7, 11) is 0. The molecule has 2 nitrogen and oxygen atoms in total. The van der Waals surface area contributed by atoms with E-state index in [1.165, 1.54) is 12.1 Å². The van der Waals surface area contributed by atoms with E-state index in [0.29, 0.717) is 11.1 Å². The molecule has 0 radical (unpaired) electrons. The zero-order chi connectivity index (χ0) is 13.1. The predicted octanol–water partition coefficient (Wildman–Crippen LogP) is 3.22. The van der Waals surface area contributed by atoms with Gasteiger partial charge in [0.2, 0.25) is 0 Å². The van der Waals surface area contributed by atoms with Gasteiger partial charge in [-0.25, -0.2) is 4.39 Å². The lowest BCUT2D eigenvalue weighted by Gasteiger charge is -2.33. The maximum atomic E-state index is 13.1. The molecule has 0 aromatic heterocycles. The first-order chi connectivity index (χ1) is 8.63. The van der Waals surface area contributed by atoms with Gasteiger partial charge in [0.05, 0.1) is 0 Å². The van der Waals surface area contributed by atoms with E-state index in [-0.39, 0.29) is 11.9 Å². The topological polar surface area (TPSA) is 15.3 Å². The minimum atomic E-state index is -0.276. The molecule has 2 unspecified atom stereocenters. The zero-order valence-corrected chi connectivity index (χ0v) is 11.7. The first-order valence-electron chi connectivity index (χ1n) is 6.55. The molecular weight excluding hydrogens is 251 g/mol. The second kappa shape index (κ2) is 6.00. The van der Waals surface area contributed by atoms with Crippen LogP contribution in [0.1, 0.15) is 31.9 Å². The second-order valence-electron chi connectivity index (χ2n) is 4.82. The quantitative estimate of drug-likeness (QED) is 0.904. The Kier molecular flexibility index (Phi) is 4.60. The summed E-state index contributed by atoms with van der Waals surface area (Å²) in [5, 5.41) is 3.90. The van der Waals surface area contributed by atoms with Crippen LogP contribution in [-0.4, -0.2) is 30.6 Å². The number of rotatable bonds is 4. The van der Waals surface area contributed by atoms with Crippen LogP contribution in [0.25, 0.3) is 0 Å². The third-order valence-corrected chi connectivity index (χ3v) is 4.11. The van der Waals surface area contributed by atoms with Crippen molar-refractivity contribution in [1.29, 1.82) is 0 Å². The highest BCUT2D eigenvalue weighted by atomic mass is 35.5. The van der Waals surface area contributed by atoms with E-state index in [1.54, 1.807) is 6.07 Å². The van der Waals surface area contributed by atoms with Crippen molar-refractivity contribution in [2.45, 2.75) is 32.4 Å². The van der Waals surface area contributed by atoms with Crippen molar-refractivity contribution in [3.05, 3.63) is 34.6 Å². The molecule has 0 aliphatic carbocycles. The molecule has 1 fully saturated rings. The molecule has 0 saturated carbocycles. The Morgan fingerprint density at radius 3 is 2.89 bits per heavy atom. The fraction of sp³-hybridized carbons (Fsp3) is 0.571. The molecule has 100 valence electrons. The molecule has 2 atom stereocenters. The summed E-state index contributed by atoms with van der Waals surface area (Å²) < 4.78 is 13.1. The Labute approximate surface area is 113 Å². The van der Waals surface area contributed by atoms with Gasteiger partial charge in [-0.3, -0.25) is 4.90 Å². The van der Waals surface area contributed by atoms with E-state index in [1.807, 2.05) is 0 Å². The fourth-order valence-electron chi connectivity index (χ4n) is 2.79. The van der Waals surface area contributed by atoms with Gasteiger partial charge in [-0.1, -0.05) is 24.6 Å². The van der Waals surface area contributed by atoms with Gasteiger partial charge >= 0.3 is 0 Å². The largest absolute Gasteiger partial charge is 0.315 e. The van der Waals surface area contributed by atoms with Crippen molar-refractivity contribution < 1.29 is 4.39 Å². The van der Waals surface area contributed by atoms with Gasteiger partial charge in [0, 0.05) is 23.7 Å². The molecule has 1 heterocycles. The van der Waals surface area contributed by atoms with E-state index in [2.05, 4.69) is 24.1 Å². The van der Waals surface area contributed by atoms with Crippen LogP contribution in [0.2, 0.25) is 5.02 Å². The van der Waals surface area contributed by atoms with Crippen molar-refractivity contribution in [3.8, 4) is 0 Å². The first kappa shape index (κ1) is 13.8. The highest BCUT2D eigenvalue weighted by Gasteiger charge is 2.26. The van der Waals surface area contributed by atoms with Gasteiger partial charge in [-0.15, -0.1) is 0 Å². The zero-order valence-electron chi connectivity index (χ0n) is 10.9. The average Bonchev–Trinajstić information content (AvgIpc) is 2.83. The van der Waals surface area contributed by atoms with E-state index >= 15 is 0 Å². The minimum Gasteiger partial charge on any atom is -0.315 e. The molecule has 0 spiro atoms. The van der Waals surface area contributed by atoms with Crippen molar-refractivity contribution in [2.24, 2.45) is 0 Å². The van der Waals surface area contributed by atoms with Crippen LogP contribution < -0.4 is 5.32 Å². The van der Waals surface area contributed by atoms with Crippen LogP contribution in [0, 0.1) is 5.82 Å². The Hall–Kier alpha value is -0.640. The van der Waals surface area contributed by atoms with Crippen LogP contribution in [0.15, 0.2) is 18.2 Å². The first-order valence-corrected chi connectivity index (χ1v) is 6.92. The van der Waals surface area contributed by atoms with E-state index < -0.39 is 0 Å². The molecule has 0 amide bonds. The Balaban J connectivity index is 2.19. The summed E-state index contributed by atoms with van der Waals surface area (Å²) in [5.74, 6) is -0.276. The maximum Gasteiger partial charge on any atom is 0.124 e. The summed E-state index contributed by atoms with van der Waals surface area (Å²) in [6.45, 7) is 7.37. The Morgan fingerprint density at radius 1 is 1.56 bits per heavy atom. The number of hydrogen-bond acceptors (Lipinski definition) is 2. The van der Waals surface area contributed by atoms with E-state index in [9.17, 15) is 4.39 Å². The molecule has 1 saturated heterocycles. The van der Waals surface area contributed by atoms with Crippen molar-refractivity contribution in [2.75, 3.05) is 19.6 Å². The number of halogens is 2. The van der Waals surface area contributed by atoms with Gasteiger partial charge in [0.15, 0.2) is 0 Å². The van der Waals surface area contributed by atoms with Gasteiger partial charge in [-0.2, -0.15) is 0 Å². The summed E-state index contributed by atoms with van der Waals surface area (Å²) in [6.07, 6.45) is 1.16. The van der Waals surface area contributed by atoms with Crippen molar-refractivity contribution in [3.63, 3.8) is 0 Å². The normalized spacial score (nSPS) is 21.5. The highest BCUT2D eigenvalue weighted by Crippen LogP contribution is 2.30. The molecule has 2 rings (SSSR count). The van der Waals surface area contributed by atoms with Gasteiger partial charge in [0.1, 0.15) is 5.82 Å². The predicted molar refractivity (Wildman–Crippen MR) is 73.5 cm³/mol. The van der Waals surface area contributed by atoms with Crippen LogP contribution in [0.4, 0.5) is 4.39 Å². The third kappa shape index (κ3) is 2.85. The monoisotopic (exact) mass is 270 g/mol. The molecule has 1 aliphatic rings. The number of benzene rings is 1. The molecule has 1 aromatic rings. The average molecular weight is 271 g/mol. The highest BCUT2D eigenvalue weighted by molar-refractivity contribution is 6.31. The van der Waals surface area contributed by atoms with Crippen LogP contribution in [0.3, 0.4) is 0 Å². The van der Waals surface area contributed by atoms with Crippen molar-refractivity contribution in [1.82, 2.24) is 10.2 Å². The second-order valence-corrected chi connectivity index (χ2v) is 5.23. The molecule has 1 aromatic carbocycles. The lowest BCUT2D eigenvalue weighted by Crippen LogP contribution is -2.38. The molecule has 1 aliphatic heterocycles. The van der Waals surface area contributed by atoms with E-state index in [4.69, 9.17) is 11.6 Å². The van der Waals surface area contributed by atoms with Gasteiger partial charge in [-0.05, 0) is 44.1 Å². The molecule has 18 heavy (non-hydrogen) atoms. The Bertz CT molecular complexity index is 405. The summed E-state index contributed by atoms with van der Waals surface area (Å²) in [5.41, 5.74) is 1.01. The summed E-state index contributed by atoms with van der Waals surface area (Å²) in [4.78, 5) is 2.43. The smallest absolute Gasteiger partial charge is 0.124 e. The molecular formula is C14H20ClFN2. The van der Waals surface area contributed by atoms with Crippen LogP contribution in [-0.2, 0) is 0 Å². The summed E-state index contributed by atoms with van der Waals surface area (Å²) in [6, 6.07) is 5.44. The number of hydrogen-bond donors (Lipinski definition) is 1. The molecule has 4 heteroatoms. The third-order valence-electron chi connectivity index (χ3n) is 3.78. The standard InChI is InChI=1S/C14H20ClFN2/c1-3-18(12-6-7-17-9-12)10(2)13-5-4-11(16)8-14(13)15/h4-5,8,10,12,17H,3,6-7,9H2,1-2H3. The lowest BCUT2D eigenvalue weighted by molar-refractivity contribution is 0.163. The van der Waals surface area contributed by atoms with Crippen LogP contribution in [0.5, 0.6) is 0 Å². The van der Waals surface area contributed by atoms with Crippen molar-refractivity contribution >= 4 is 11.6 Å². The number of nitrogens with one attached hydrogen (secondary N) is 1. The number of likely N-dealkylation sites (N-methyl/N-ethyl adjacent to an activating group) is 1. The van der Waals surface area contributed by atoms with E-state index in [0.717, 1.165) is 31.6 Å².